The number of anilines is 1. The van der Waals surface area contributed by atoms with E-state index >= 15 is 0 Å². The highest BCUT2D eigenvalue weighted by Gasteiger charge is 2.29. The van der Waals surface area contributed by atoms with Crippen LogP contribution < -0.4 is 16.4 Å². The molecule has 1 saturated heterocycles. The number of nitrogens with two attached hydrogens (primary N) is 2. The third kappa shape index (κ3) is 2.26. The summed E-state index contributed by atoms with van der Waals surface area (Å²) in [7, 11) is 0. The van der Waals surface area contributed by atoms with Gasteiger partial charge in [-0.25, -0.2) is 0 Å². The van der Waals surface area contributed by atoms with Crippen LogP contribution in [0.3, 0.4) is 0 Å². The second kappa shape index (κ2) is 4.75. The summed E-state index contributed by atoms with van der Waals surface area (Å²) in [5.41, 5.74) is 14.4. The topological polar surface area (TPSA) is 72.3 Å². The number of hydrogen-bond donors (Lipinski definition) is 2. The van der Waals surface area contributed by atoms with Crippen molar-refractivity contribution in [2.75, 3.05) is 11.4 Å². The zero-order valence-corrected chi connectivity index (χ0v) is 10.1. The van der Waals surface area contributed by atoms with Crippen LogP contribution in [0.1, 0.15) is 24.0 Å². The molecule has 1 unspecified atom stereocenters. The molecule has 0 aromatic heterocycles. The lowest BCUT2D eigenvalue weighted by atomic mass is 10.1. The van der Waals surface area contributed by atoms with Gasteiger partial charge in [-0.3, -0.25) is 4.79 Å². The van der Waals surface area contributed by atoms with Crippen molar-refractivity contribution in [3.8, 4) is 0 Å². The molecule has 17 heavy (non-hydrogen) atoms. The van der Waals surface area contributed by atoms with Crippen molar-refractivity contribution >= 4 is 11.6 Å². The first-order valence-corrected chi connectivity index (χ1v) is 5.99. The Kier molecular flexibility index (Phi) is 3.33. The number of carbonyl (C=O) groups excluding carboxylic acids is 1. The van der Waals surface area contributed by atoms with Crippen LogP contribution in [0, 0.1) is 6.92 Å². The van der Waals surface area contributed by atoms with E-state index in [2.05, 4.69) is 11.0 Å². The van der Waals surface area contributed by atoms with Crippen molar-refractivity contribution < 1.29 is 4.79 Å². The minimum Gasteiger partial charge on any atom is -0.368 e. The Morgan fingerprint density at radius 2 is 2.29 bits per heavy atom. The fourth-order valence-corrected chi connectivity index (χ4v) is 2.52. The largest absolute Gasteiger partial charge is 0.368 e. The molecule has 4 N–H and O–H groups in total. The molecule has 1 heterocycles. The third-order valence-corrected chi connectivity index (χ3v) is 3.39. The molecule has 1 aliphatic heterocycles. The minimum atomic E-state index is -0.232. The second-order valence-corrected chi connectivity index (χ2v) is 4.58. The van der Waals surface area contributed by atoms with Gasteiger partial charge in [0.05, 0.1) is 0 Å². The Morgan fingerprint density at radius 3 is 2.88 bits per heavy atom. The first-order chi connectivity index (χ1) is 8.13. The van der Waals surface area contributed by atoms with Gasteiger partial charge >= 0.3 is 0 Å². The Balaban J connectivity index is 2.30. The second-order valence-electron chi connectivity index (χ2n) is 4.58. The summed E-state index contributed by atoms with van der Waals surface area (Å²) in [4.78, 5) is 13.5. The zero-order valence-electron chi connectivity index (χ0n) is 10.1. The summed E-state index contributed by atoms with van der Waals surface area (Å²) < 4.78 is 0. The van der Waals surface area contributed by atoms with Crippen molar-refractivity contribution in [3.63, 3.8) is 0 Å². The molecule has 1 aliphatic rings. The fraction of sp³-hybridized carbons (Fsp3) is 0.462. The maximum absolute atomic E-state index is 11.4. The SMILES string of the molecule is Cc1cc(CN)ccc1N1CCCC1C(N)=O. The molecule has 1 atom stereocenters. The summed E-state index contributed by atoms with van der Waals surface area (Å²) in [5, 5.41) is 0. The maximum Gasteiger partial charge on any atom is 0.240 e. The van der Waals surface area contributed by atoms with E-state index < -0.39 is 0 Å². The minimum absolute atomic E-state index is 0.155. The molecule has 0 bridgehead atoms. The monoisotopic (exact) mass is 233 g/mol. The normalized spacial score (nSPS) is 19.6. The van der Waals surface area contributed by atoms with E-state index in [1.807, 2.05) is 19.1 Å². The molecular formula is C13H19N3O. The molecule has 4 nitrogen and oxygen atoms in total. The van der Waals surface area contributed by atoms with E-state index in [9.17, 15) is 4.79 Å². The van der Waals surface area contributed by atoms with Crippen molar-refractivity contribution in [2.24, 2.45) is 11.5 Å². The smallest absolute Gasteiger partial charge is 0.240 e. The Bertz CT molecular complexity index is 431. The molecule has 4 heteroatoms. The molecule has 0 aliphatic carbocycles. The predicted octanol–water partition coefficient (Wildman–Crippen LogP) is 0.908. The molecule has 0 spiro atoms. The first kappa shape index (κ1) is 11.9. The number of hydrogen-bond acceptors (Lipinski definition) is 3. The summed E-state index contributed by atoms with van der Waals surface area (Å²) in [6.45, 7) is 3.49. The van der Waals surface area contributed by atoms with Gasteiger partial charge in [-0.15, -0.1) is 0 Å². The van der Waals surface area contributed by atoms with Gasteiger partial charge in [-0.2, -0.15) is 0 Å². The summed E-state index contributed by atoms with van der Waals surface area (Å²) in [5.74, 6) is -0.232. The van der Waals surface area contributed by atoms with Crippen LogP contribution in [-0.4, -0.2) is 18.5 Å². The lowest BCUT2D eigenvalue weighted by molar-refractivity contribution is -0.119. The van der Waals surface area contributed by atoms with Gasteiger partial charge < -0.3 is 16.4 Å². The van der Waals surface area contributed by atoms with Crippen LogP contribution >= 0.6 is 0 Å². The van der Waals surface area contributed by atoms with Crippen molar-refractivity contribution in [1.82, 2.24) is 0 Å². The molecule has 1 amide bonds. The Labute approximate surface area is 102 Å². The summed E-state index contributed by atoms with van der Waals surface area (Å²) in [6.07, 6.45) is 1.87. The Morgan fingerprint density at radius 1 is 1.53 bits per heavy atom. The van der Waals surface area contributed by atoms with E-state index in [1.165, 1.54) is 0 Å². The molecule has 0 radical (unpaired) electrons. The van der Waals surface area contributed by atoms with E-state index in [1.54, 1.807) is 0 Å². The number of primary amides is 1. The number of nitrogens with zero attached hydrogens (tertiary/aromatic N) is 1. The van der Waals surface area contributed by atoms with Crippen molar-refractivity contribution in [1.29, 1.82) is 0 Å². The molecule has 92 valence electrons. The van der Waals surface area contributed by atoms with Crippen LogP contribution in [-0.2, 0) is 11.3 Å². The molecule has 1 aromatic rings. The first-order valence-electron chi connectivity index (χ1n) is 5.99. The maximum atomic E-state index is 11.4. The van der Waals surface area contributed by atoms with E-state index in [0.29, 0.717) is 6.54 Å². The molecular weight excluding hydrogens is 214 g/mol. The standard InChI is InChI=1S/C13H19N3O/c1-9-7-10(8-14)4-5-11(9)16-6-2-3-12(16)13(15)17/h4-5,7,12H,2-3,6,8,14H2,1H3,(H2,15,17). The highest BCUT2D eigenvalue weighted by molar-refractivity contribution is 5.84. The van der Waals surface area contributed by atoms with Gasteiger partial charge in [0.25, 0.3) is 0 Å². The van der Waals surface area contributed by atoms with Gasteiger partial charge in [0.1, 0.15) is 6.04 Å². The Hall–Kier alpha value is -1.55. The van der Waals surface area contributed by atoms with Gasteiger partial charge in [0, 0.05) is 18.8 Å². The number of aryl methyl sites for hydroxylation is 1. The van der Waals surface area contributed by atoms with Crippen LogP contribution in [0.5, 0.6) is 0 Å². The quantitative estimate of drug-likeness (QED) is 0.815. The average Bonchev–Trinajstić information content (AvgIpc) is 2.77. The van der Waals surface area contributed by atoms with Crippen molar-refractivity contribution in [3.05, 3.63) is 29.3 Å². The van der Waals surface area contributed by atoms with Crippen LogP contribution in [0.2, 0.25) is 0 Å². The van der Waals surface area contributed by atoms with E-state index in [4.69, 9.17) is 11.5 Å². The number of carbonyl (C=O) groups is 1. The summed E-state index contributed by atoms with van der Waals surface area (Å²) >= 11 is 0. The average molecular weight is 233 g/mol. The van der Waals surface area contributed by atoms with Gasteiger partial charge in [0.2, 0.25) is 5.91 Å². The zero-order chi connectivity index (χ0) is 12.4. The van der Waals surface area contributed by atoms with Gasteiger partial charge in [0.15, 0.2) is 0 Å². The number of rotatable bonds is 3. The molecule has 1 fully saturated rings. The molecule has 2 rings (SSSR count). The summed E-state index contributed by atoms with van der Waals surface area (Å²) in [6, 6.07) is 5.97. The van der Waals surface area contributed by atoms with Crippen LogP contribution in [0.15, 0.2) is 18.2 Å². The molecule has 1 aromatic carbocycles. The van der Waals surface area contributed by atoms with Crippen LogP contribution in [0.25, 0.3) is 0 Å². The number of benzene rings is 1. The fourth-order valence-electron chi connectivity index (χ4n) is 2.52. The van der Waals surface area contributed by atoms with E-state index in [0.717, 1.165) is 36.2 Å². The van der Waals surface area contributed by atoms with Crippen LogP contribution in [0.4, 0.5) is 5.69 Å². The third-order valence-electron chi connectivity index (χ3n) is 3.39. The van der Waals surface area contributed by atoms with E-state index in [-0.39, 0.29) is 11.9 Å². The lowest BCUT2D eigenvalue weighted by Crippen LogP contribution is -2.40. The number of amides is 1. The van der Waals surface area contributed by atoms with Crippen molar-refractivity contribution in [2.45, 2.75) is 32.4 Å². The highest BCUT2D eigenvalue weighted by Crippen LogP contribution is 2.28. The lowest BCUT2D eigenvalue weighted by Gasteiger charge is -2.26. The van der Waals surface area contributed by atoms with Gasteiger partial charge in [-0.05, 0) is 37.0 Å². The van der Waals surface area contributed by atoms with Gasteiger partial charge in [-0.1, -0.05) is 12.1 Å². The highest BCUT2D eigenvalue weighted by atomic mass is 16.1. The molecule has 0 saturated carbocycles. The predicted molar refractivity (Wildman–Crippen MR) is 68.6 cm³/mol.